The first-order chi connectivity index (χ1) is 12.9. The Bertz CT molecular complexity index is 922. The molecule has 1 aliphatic rings. The number of hydrogen-bond acceptors (Lipinski definition) is 5. The summed E-state index contributed by atoms with van der Waals surface area (Å²) < 4.78 is 5.80. The van der Waals surface area contributed by atoms with E-state index < -0.39 is 23.6 Å². The van der Waals surface area contributed by atoms with Gasteiger partial charge in [-0.05, 0) is 48.0 Å². The molecule has 1 heterocycles. The Kier molecular flexibility index (Phi) is 5.61. The van der Waals surface area contributed by atoms with Crippen molar-refractivity contribution >= 4 is 34.9 Å². The van der Waals surface area contributed by atoms with Gasteiger partial charge in [0.25, 0.3) is 11.1 Å². The minimum atomic E-state index is -0.731. The van der Waals surface area contributed by atoms with Crippen LogP contribution in [-0.4, -0.2) is 28.5 Å². The van der Waals surface area contributed by atoms with Crippen LogP contribution in [0.3, 0.4) is 0 Å². The maximum atomic E-state index is 12.3. The lowest BCUT2D eigenvalue weighted by Crippen LogP contribution is -2.36. The van der Waals surface area contributed by atoms with Gasteiger partial charge in [-0.15, -0.1) is 0 Å². The van der Waals surface area contributed by atoms with Gasteiger partial charge in [0.05, 0.1) is 4.91 Å². The van der Waals surface area contributed by atoms with Gasteiger partial charge in [-0.2, -0.15) is 0 Å². The van der Waals surface area contributed by atoms with Crippen LogP contribution in [0.15, 0.2) is 53.4 Å². The van der Waals surface area contributed by atoms with Crippen LogP contribution >= 0.6 is 11.8 Å². The van der Waals surface area contributed by atoms with Gasteiger partial charge in [0, 0.05) is 0 Å². The number of imide groups is 1. The minimum Gasteiger partial charge on any atom is -0.489 e. The molecule has 1 aliphatic heterocycles. The van der Waals surface area contributed by atoms with Gasteiger partial charge in [-0.25, -0.2) is 0 Å². The molecule has 2 aromatic carbocycles. The van der Waals surface area contributed by atoms with E-state index in [0.717, 1.165) is 27.8 Å². The third-order valence-corrected chi connectivity index (χ3v) is 4.78. The predicted molar refractivity (Wildman–Crippen MR) is 104 cm³/mol. The van der Waals surface area contributed by atoms with Crippen LogP contribution in [0.25, 0.3) is 6.08 Å². The van der Waals surface area contributed by atoms with Crippen LogP contribution in [0.1, 0.15) is 16.7 Å². The Balaban J connectivity index is 1.71. The first kappa shape index (κ1) is 18.7. The number of hydrogen-bond donors (Lipinski definition) is 1. The first-order valence-electron chi connectivity index (χ1n) is 8.24. The Labute approximate surface area is 161 Å². The van der Waals surface area contributed by atoms with Gasteiger partial charge < -0.3 is 10.5 Å². The fraction of sp³-hybridized carbons (Fsp3) is 0.150. The van der Waals surface area contributed by atoms with Crippen molar-refractivity contribution in [2.45, 2.75) is 13.5 Å². The van der Waals surface area contributed by atoms with E-state index in [2.05, 4.69) is 0 Å². The summed E-state index contributed by atoms with van der Waals surface area (Å²) in [6.45, 7) is 2.04. The Hall–Kier alpha value is -3.06. The molecule has 7 heteroatoms. The molecule has 3 amide bonds. The quantitative estimate of drug-likeness (QED) is 0.776. The number of thioether (sulfide) groups is 1. The van der Waals surface area contributed by atoms with Crippen molar-refractivity contribution in [1.82, 2.24) is 4.90 Å². The molecule has 1 saturated heterocycles. The molecule has 0 aliphatic carbocycles. The molecule has 0 saturated carbocycles. The third kappa shape index (κ3) is 4.77. The minimum absolute atomic E-state index is 0.247. The highest BCUT2D eigenvalue weighted by Gasteiger charge is 2.35. The van der Waals surface area contributed by atoms with E-state index in [9.17, 15) is 14.4 Å². The highest BCUT2D eigenvalue weighted by Crippen LogP contribution is 2.32. The van der Waals surface area contributed by atoms with E-state index in [1.807, 2.05) is 43.3 Å². The van der Waals surface area contributed by atoms with E-state index in [1.54, 1.807) is 18.2 Å². The van der Waals surface area contributed by atoms with Gasteiger partial charge in [-0.1, -0.05) is 42.0 Å². The summed E-state index contributed by atoms with van der Waals surface area (Å²) in [5.74, 6) is -0.597. The van der Waals surface area contributed by atoms with E-state index in [-0.39, 0.29) is 4.91 Å². The summed E-state index contributed by atoms with van der Waals surface area (Å²) in [4.78, 5) is 36.2. The number of rotatable bonds is 6. The van der Waals surface area contributed by atoms with Crippen molar-refractivity contribution in [2.75, 3.05) is 6.54 Å². The molecule has 2 aromatic rings. The predicted octanol–water partition coefficient (Wildman–Crippen LogP) is 3.10. The van der Waals surface area contributed by atoms with Crippen molar-refractivity contribution in [1.29, 1.82) is 0 Å². The van der Waals surface area contributed by atoms with E-state index in [1.165, 1.54) is 5.56 Å². The summed E-state index contributed by atoms with van der Waals surface area (Å²) >= 11 is 0.786. The van der Waals surface area contributed by atoms with Crippen molar-refractivity contribution in [3.8, 4) is 5.75 Å². The maximum Gasteiger partial charge on any atom is 0.294 e. The standard InChI is InChI=1S/C20H18N2O4S/c1-13-5-7-14(8-6-13)12-26-16-4-2-3-15(9-16)10-17-19(24)22(11-18(21)23)20(25)27-17/h2-10H,11-12H2,1H3,(H2,21,23)/b17-10-. The molecule has 0 aromatic heterocycles. The van der Waals surface area contributed by atoms with Gasteiger partial charge >= 0.3 is 0 Å². The normalized spacial score (nSPS) is 15.4. The average Bonchev–Trinajstić information content (AvgIpc) is 2.89. The summed E-state index contributed by atoms with van der Waals surface area (Å²) in [6.07, 6.45) is 1.60. The van der Waals surface area contributed by atoms with Gasteiger partial charge in [0.2, 0.25) is 5.91 Å². The maximum absolute atomic E-state index is 12.3. The molecule has 3 rings (SSSR count). The molecular weight excluding hydrogens is 364 g/mol. The largest absolute Gasteiger partial charge is 0.489 e. The van der Waals surface area contributed by atoms with Crippen LogP contribution in [-0.2, 0) is 16.2 Å². The molecular formula is C20H18N2O4S. The number of nitrogens with two attached hydrogens (primary N) is 1. The van der Waals surface area contributed by atoms with Gasteiger partial charge in [-0.3, -0.25) is 19.3 Å². The second-order valence-electron chi connectivity index (χ2n) is 6.08. The van der Waals surface area contributed by atoms with E-state index >= 15 is 0 Å². The zero-order valence-corrected chi connectivity index (χ0v) is 15.5. The SMILES string of the molecule is Cc1ccc(COc2cccc(/C=C3\SC(=O)N(CC(N)=O)C3=O)c2)cc1. The van der Waals surface area contributed by atoms with Crippen molar-refractivity contribution in [3.63, 3.8) is 0 Å². The fourth-order valence-corrected chi connectivity index (χ4v) is 3.33. The first-order valence-corrected chi connectivity index (χ1v) is 9.06. The van der Waals surface area contributed by atoms with E-state index in [4.69, 9.17) is 10.5 Å². The summed E-state index contributed by atoms with van der Waals surface area (Å²) in [5.41, 5.74) is 8.04. The second-order valence-corrected chi connectivity index (χ2v) is 7.07. The number of primary amides is 1. The number of aryl methyl sites for hydroxylation is 1. The third-order valence-electron chi connectivity index (χ3n) is 3.87. The zero-order chi connectivity index (χ0) is 19.4. The van der Waals surface area contributed by atoms with E-state index in [0.29, 0.717) is 12.4 Å². The molecule has 1 fully saturated rings. The highest BCUT2D eigenvalue weighted by molar-refractivity contribution is 8.18. The smallest absolute Gasteiger partial charge is 0.294 e. The fourth-order valence-electron chi connectivity index (χ4n) is 2.49. The van der Waals surface area contributed by atoms with Crippen LogP contribution in [0.5, 0.6) is 5.75 Å². The summed E-state index contributed by atoms with van der Waals surface area (Å²) in [7, 11) is 0. The number of amides is 3. The number of carbonyl (C=O) groups is 3. The van der Waals surface area contributed by atoms with Gasteiger partial charge in [0.1, 0.15) is 18.9 Å². The topological polar surface area (TPSA) is 89.7 Å². The molecule has 0 radical (unpaired) electrons. The average molecular weight is 382 g/mol. The Morgan fingerprint density at radius 1 is 1.19 bits per heavy atom. The molecule has 0 bridgehead atoms. The Morgan fingerprint density at radius 3 is 2.63 bits per heavy atom. The molecule has 0 atom stereocenters. The molecule has 0 unspecified atom stereocenters. The Morgan fingerprint density at radius 2 is 1.93 bits per heavy atom. The van der Waals surface area contributed by atoms with Crippen molar-refractivity contribution in [3.05, 3.63) is 70.1 Å². The summed E-state index contributed by atoms with van der Waals surface area (Å²) in [5, 5.41) is -0.503. The zero-order valence-electron chi connectivity index (χ0n) is 14.7. The molecule has 138 valence electrons. The van der Waals surface area contributed by atoms with Crippen LogP contribution in [0.4, 0.5) is 4.79 Å². The lowest BCUT2D eigenvalue weighted by Gasteiger charge is -2.09. The number of nitrogens with zero attached hydrogens (tertiary/aromatic N) is 1. The van der Waals surface area contributed by atoms with Crippen molar-refractivity contribution < 1.29 is 19.1 Å². The molecule has 27 heavy (non-hydrogen) atoms. The number of ether oxygens (including phenoxy) is 1. The van der Waals surface area contributed by atoms with Crippen LogP contribution < -0.4 is 10.5 Å². The number of carbonyl (C=O) groups excluding carboxylic acids is 3. The monoisotopic (exact) mass is 382 g/mol. The lowest BCUT2D eigenvalue weighted by atomic mass is 10.1. The number of benzene rings is 2. The second kappa shape index (κ2) is 8.09. The van der Waals surface area contributed by atoms with Crippen molar-refractivity contribution in [2.24, 2.45) is 5.73 Å². The molecule has 6 nitrogen and oxygen atoms in total. The molecule has 2 N–H and O–H groups in total. The van der Waals surface area contributed by atoms with Gasteiger partial charge in [0.15, 0.2) is 0 Å². The lowest BCUT2D eigenvalue weighted by molar-refractivity contribution is -0.127. The summed E-state index contributed by atoms with van der Waals surface area (Å²) in [6, 6.07) is 15.3. The highest BCUT2D eigenvalue weighted by atomic mass is 32.2. The molecule has 0 spiro atoms. The van der Waals surface area contributed by atoms with Crippen LogP contribution in [0, 0.1) is 6.92 Å². The van der Waals surface area contributed by atoms with Crippen LogP contribution in [0.2, 0.25) is 0 Å².